The monoisotopic (exact) mass is 454 g/mol. The number of carbonyl (C=O) groups excluding carboxylic acids is 2. The maximum absolute atomic E-state index is 11.7. The molecule has 1 N–H and O–H groups in total. The first-order valence-corrected chi connectivity index (χ1v) is 12.5. The number of aliphatic hydroxyl groups is 1. The largest absolute Gasteiger partial charge is 0.469 e. The van der Waals surface area contributed by atoms with Gasteiger partial charge in [0.15, 0.2) is 0 Å². The number of hydrogen-bond donors (Lipinski definition) is 1. The van der Waals surface area contributed by atoms with Gasteiger partial charge in [0.2, 0.25) is 0 Å². The zero-order chi connectivity index (χ0) is 22.9. The average Bonchev–Trinajstić information content (AvgIpc) is 2.85. The van der Waals surface area contributed by atoms with Crippen LogP contribution in [-0.4, -0.2) is 63.3 Å². The summed E-state index contributed by atoms with van der Waals surface area (Å²) in [6, 6.07) is 0. The molecule has 3 saturated carbocycles. The van der Waals surface area contributed by atoms with Gasteiger partial charge in [-0.05, 0) is 88.4 Å². The van der Waals surface area contributed by atoms with Crippen LogP contribution in [0.15, 0.2) is 0 Å². The van der Waals surface area contributed by atoms with Gasteiger partial charge >= 0.3 is 11.9 Å². The summed E-state index contributed by atoms with van der Waals surface area (Å²) in [7, 11) is 2.92. The molecule has 0 aromatic rings. The summed E-state index contributed by atoms with van der Waals surface area (Å²) < 4.78 is 22.3. The normalized spacial score (nSPS) is 35.8. The molecule has 0 aromatic heterocycles. The molecule has 7 heteroatoms. The zero-order valence-electron chi connectivity index (χ0n) is 19.8. The Morgan fingerprint density at radius 1 is 0.656 bits per heavy atom. The predicted molar refractivity (Wildman–Crippen MR) is 119 cm³/mol. The van der Waals surface area contributed by atoms with E-state index in [4.69, 9.17) is 18.9 Å². The van der Waals surface area contributed by atoms with Gasteiger partial charge < -0.3 is 24.1 Å². The quantitative estimate of drug-likeness (QED) is 0.533. The number of ether oxygens (including phenoxy) is 4. The molecule has 0 heterocycles. The number of carbonyl (C=O) groups is 2. The lowest BCUT2D eigenvalue weighted by Gasteiger charge is -2.36. The second-order valence-electron chi connectivity index (χ2n) is 10.1. The zero-order valence-corrected chi connectivity index (χ0v) is 19.8. The number of aliphatic hydroxyl groups excluding tert-OH is 1. The average molecular weight is 455 g/mol. The van der Waals surface area contributed by atoms with Gasteiger partial charge in [-0.15, -0.1) is 0 Å². The van der Waals surface area contributed by atoms with Crippen LogP contribution in [0.3, 0.4) is 0 Å². The van der Waals surface area contributed by atoms with Crippen molar-refractivity contribution in [3.8, 4) is 0 Å². The van der Waals surface area contributed by atoms with Crippen LogP contribution < -0.4 is 0 Å². The van der Waals surface area contributed by atoms with E-state index in [2.05, 4.69) is 0 Å². The Bertz CT molecular complexity index is 531. The van der Waals surface area contributed by atoms with Crippen LogP contribution in [0, 0.1) is 29.6 Å². The van der Waals surface area contributed by atoms with Crippen LogP contribution in [0.1, 0.15) is 70.6 Å². The van der Waals surface area contributed by atoms with E-state index < -0.39 is 0 Å². The third-order valence-corrected chi connectivity index (χ3v) is 7.87. The summed E-state index contributed by atoms with van der Waals surface area (Å²) in [5, 5.41) is 9.77. The van der Waals surface area contributed by atoms with Gasteiger partial charge in [-0.3, -0.25) is 9.59 Å². The standard InChI is InChI=1S/C25H42O7/c1-29-24(27)20-7-3-17(4-8-20)15-31-22-11-19(14-26)12-23(13-22)32-16-18-5-9-21(10-6-18)25(28)30-2/h17-23,26H,3-16H2,1-2H3. The third kappa shape index (κ3) is 7.42. The second-order valence-corrected chi connectivity index (χ2v) is 10.1. The molecule has 0 amide bonds. The molecule has 0 radical (unpaired) electrons. The van der Waals surface area contributed by atoms with Gasteiger partial charge in [-0.2, -0.15) is 0 Å². The van der Waals surface area contributed by atoms with Crippen molar-refractivity contribution < 1.29 is 33.6 Å². The highest BCUT2D eigenvalue weighted by molar-refractivity contribution is 5.72. The van der Waals surface area contributed by atoms with Gasteiger partial charge in [0.25, 0.3) is 0 Å². The van der Waals surface area contributed by atoms with Crippen LogP contribution in [-0.2, 0) is 28.5 Å². The summed E-state index contributed by atoms with van der Waals surface area (Å²) >= 11 is 0. The molecule has 0 bridgehead atoms. The van der Waals surface area contributed by atoms with Crippen molar-refractivity contribution in [2.45, 2.75) is 82.8 Å². The molecule has 3 rings (SSSR count). The van der Waals surface area contributed by atoms with Crippen molar-refractivity contribution in [2.75, 3.05) is 34.0 Å². The molecule has 0 saturated heterocycles. The molecule has 32 heavy (non-hydrogen) atoms. The van der Waals surface area contributed by atoms with Crippen molar-refractivity contribution in [1.29, 1.82) is 0 Å². The Kier molecular flexibility index (Phi) is 10.3. The first-order chi connectivity index (χ1) is 15.5. The Morgan fingerprint density at radius 3 is 1.41 bits per heavy atom. The minimum Gasteiger partial charge on any atom is -0.469 e. The predicted octanol–water partition coefficient (Wildman–Crippen LogP) is 3.51. The second kappa shape index (κ2) is 12.9. The number of methoxy groups -OCH3 is 2. The lowest BCUT2D eigenvalue weighted by molar-refractivity contribution is -0.147. The highest BCUT2D eigenvalue weighted by Crippen LogP contribution is 2.34. The molecule has 0 aliphatic heterocycles. The Hall–Kier alpha value is -1.18. The van der Waals surface area contributed by atoms with Crippen LogP contribution >= 0.6 is 0 Å². The minimum absolute atomic E-state index is 0.0464. The summed E-state index contributed by atoms with van der Waals surface area (Å²) in [5.74, 6) is 1.14. The highest BCUT2D eigenvalue weighted by Gasteiger charge is 2.33. The molecular formula is C25H42O7. The molecule has 7 nitrogen and oxygen atoms in total. The van der Waals surface area contributed by atoms with Crippen molar-refractivity contribution in [3.63, 3.8) is 0 Å². The van der Waals surface area contributed by atoms with Gasteiger partial charge in [0.05, 0.1) is 38.3 Å². The molecule has 0 spiro atoms. The smallest absolute Gasteiger partial charge is 0.308 e. The lowest BCUT2D eigenvalue weighted by atomic mass is 9.82. The van der Waals surface area contributed by atoms with Gasteiger partial charge in [0.1, 0.15) is 0 Å². The third-order valence-electron chi connectivity index (χ3n) is 7.87. The summed E-state index contributed by atoms with van der Waals surface area (Å²) in [4.78, 5) is 23.4. The molecule has 3 fully saturated rings. The van der Waals surface area contributed by atoms with E-state index in [9.17, 15) is 14.7 Å². The SMILES string of the molecule is COC(=O)C1CCC(COC2CC(CO)CC(OCC3CCC(C(=O)OC)CC3)C2)CC1. The summed E-state index contributed by atoms with van der Waals surface area (Å²) in [6.45, 7) is 1.62. The lowest BCUT2D eigenvalue weighted by Crippen LogP contribution is -2.37. The van der Waals surface area contributed by atoms with E-state index in [1.54, 1.807) is 0 Å². The molecule has 2 atom stereocenters. The topological polar surface area (TPSA) is 91.3 Å². The molecule has 0 aromatic carbocycles. The number of rotatable bonds is 9. The van der Waals surface area contributed by atoms with E-state index in [1.807, 2.05) is 0 Å². The first kappa shape index (κ1) is 25.4. The van der Waals surface area contributed by atoms with Gasteiger partial charge in [-0.25, -0.2) is 0 Å². The van der Waals surface area contributed by atoms with Crippen molar-refractivity contribution in [2.24, 2.45) is 29.6 Å². The maximum Gasteiger partial charge on any atom is 0.308 e. The van der Waals surface area contributed by atoms with E-state index in [1.165, 1.54) is 14.2 Å². The fourth-order valence-corrected chi connectivity index (χ4v) is 5.75. The Labute approximate surface area is 192 Å². The Morgan fingerprint density at radius 2 is 1.06 bits per heavy atom. The number of hydrogen-bond acceptors (Lipinski definition) is 7. The van der Waals surface area contributed by atoms with E-state index >= 15 is 0 Å². The van der Waals surface area contributed by atoms with Crippen LogP contribution in [0.2, 0.25) is 0 Å². The van der Waals surface area contributed by atoms with Crippen LogP contribution in [0.5, 0.6) is 0 Å². The van der Waals surface area contributed by atoms with Crippen molar-refractivity contribution >= 4 is 11.9 Å². The molecule has 2 unspecified atom stereocenters. The maximum atomic E-state index is 11.7. The molecular weight excluding hydrogens is 412 g/mol. The Balaban J connectivity index is 1.37. The first-order valence-electron chi connectivity index (χ1n) is 12.5. The number of esters is 2. The molecule has 3 aliphatic rings. The van der Waals surface area contributed by atoms with E-state index in [-0.39, 0.29) is 48.5 Å². The van der Waals surface area contributed by atoms with E-state index in [0.29, 0.717) is 11.8 Å². The fourth-order valence-electron chi connectivity index (χ4n) is 5.75. The van der Waals surface area contributed by atoms with Gasteiger partial charge in [0, 0.05) is 19.8 Å². The van der Waals surface area contributed by atoms with Crippen LogP contribution in [0.4, 0.5) is 0 Å². The fraction of sp³-hybridized carbons (Fsp3) is 0.920. The van der Waals surface area contributed by atoms with Crippen molar-refractivity contribution in [3.05, 3.63) is 0 Å². The highest BCUT2D eigenvalue weighted by atomic mass is 16.5. The van der Waals surface area contributed by atoms with Crippen molar-refractivity contribution in [1.82, 2.24) is 0 Å². The van der Waals surface area contributed by atoms with E-state index in [0.717, 1.165) is 83.8 Å². The van der Waals surface area contributed by atoms with Crippen LogP contribution in [0.25, 0.3) is 0 Å². The van der Waals surface area contributed by atoms with Gasteiger partial charge in [-0.1, -0.05) is 0 Å². The molecule has 184 valence electrons. The minimum atomic E-state index is -0.0822. The summed E-state index contributed by atoms with van der Waals surface area (Å²) in [6.07, 6.45) is 10.5. The molecule has 3 aliphatic carbocycles. The summed E-state index contributed by atoms with van der Waals surface area (Å²) in [5.41, 5.74) is 0.